The van der Waals surface area contributed by atoms with E-state index in [1.807, 2.05) is 11.3 Å². The van der Waals surface area contributed by atoms with Gasteiger partial charge in [-0.2, -0.15) is 0 Å². The Bertz CT molecular complexity index is 3520. The molecule has 12 aromatic rings. The molecule has 12 rings (SSSR count). The number of benzene rings is 10. The minimum atomic E-state index is 1.09. The molecule has 0 spiro atoms. The molecule has 0 bridgehead atoms. The van der Waals surface area contributed by atoms with Gasteiger partial charge in [0.15, 0.2) is 0 Å². The summed E-state index contributed by atoms with van der Waals surface area (Å²) in [7, 11) is 0. The van der Waals surface area contributed by atoms with Crippen molar-refractivity contribution in [1.29, 1.82) is 0 Å². The van der Waals surface area contributed by atoms with Crippen LogP contribution in [-0.2, 0) is 0 Å². The number of hydrogen-bond donors (Lipinski definition) is 0. The lowest BCUT2D eigenvalue weighted by Gasteiger charge is -2.28. The van der Waals surface area contributed by atoms with Crippen LogP contribution in [0.4, 0.5) is 17.1 Å². The third-order valence-corrected chi connectivity index (χ3v) is 13.5. The smallest absolute Gasteiger partial charge is 0.0541 e. The molecular weight excluding hydrogens is 757 g/mol. The quantitative estimate of drug-likeness (QED) is 0.156. The summed E-state index contributed by atoms with van der Waals surface area (Å²) in [6.45, 7) is 0. The van der Waals surface area contributed by atoms with E-state index in [0.29, 0.717) is 0 Å². The van der Waals surface area contributed by atoms with Gasteiger partial charge in [0.25, 0.3) is 0 Å². The molecule has 286 valence electrons. The first-order chi connectivity index (χ1) is 30.3. The Hall–Kier alpha value is -7.72. The van der Waals surface area contributed by atoms with Crippen LogP contribution in [0.25, 0.3) is 91.8 Å². The van der Waals surface area contributed by atoms with Crippen molar-refractivity contribution in [1.82, 2.24) is 4.57 Å². The molecule has 61 heavy (non-hydrogen) atoms. The summed E-state index contributed by atoms with van der Waals surface area (Å²) < 4.78 is 5.09. The summed E-state index contributed by atoms with van der Waals surface area (Å²) in [5, 5.41) is 7.75. The third-order valence-electron chi connectivity index (χ3n) is 12.2. The molecule has 0 saturated carbocycles. The lowest BCUT2D eigenvalue weighted by molar-refractivity contribution is 1.18. The number of rotatable bonds is 7. The van der Waals surface area contributed by atoms with E-state index in [4.69, 9.17) is 0 Å². The summed E-state index contributed by atoms with van der Waals surface area (Å²) in [5.74, 6) is 0. The number of nitrogens with zero attached hydrogens (tertiary/aromatic N) is 2. The molecule has 2 heterocycles. The van der Waals surface area contributed by atoms with Crippen LogP contribution in [0.1, 0.15) is 0 Å². The Morgan fingerprint density at radius 2 is 0.820 bits per heavy atom. The molecule has 2 nitrogen and oxygen atoms in total. The van der Waals surface area contributed by atoms with Crippen LogP contribution in [0.3, 0.4) is 0 Å². The fourth-order valence-corrected chi connectivity index (χ4v) is 10.8. The average molecular weight is 795 g/mol. The van der Waals surface area contributed by atoms with Gasteiger partial charge < -0.3 is 9.47 Å². The highest BCUT2D eigenvalue weighted by molar-refractivity contribution is 7.27. The Labute approximate surface area is 358 Å². The van der Waals surface area contributed by atoms with Crippen molar-refractivity contribution in [2.24, 2.45) is 0 Å². The molecule has 10 aromatic carbocycles. The van der Waals surface area contributed by atoms with Gasteiger partial charge in [-0.05, 0) is 81.6 Å². The molecule has 0 aliphatic carbocycles. The van der Waals surface area contributed by atoms with Crippen LogP contribution in [0.2, 0.25) is 0 Å². The third kappa shape index (κ3) is 5.85. The van der Waals surface area contributed by atoms with Crippen LogP contribution in [0.15, 0.2) is 231 Å². The summed E-state index contributed by atoms with van der Waals surface area (Å²) >= 11 is 1.90. The van der Waals surface area contributed by atoms with E-state index < -0.39 is 0 Å². The summed E-state index contributed by atoms with van der Waals surface area (Å²) in [4.78, 5) is 2.40. The van der Waals surface area contributed by atoms with E-state index in [1.165, 1.54) is 80.6 Å². The fraction of sp³-hybridized carbons (Fsp3) is 0. The van der Waals surface area contributed by atoms with E-state index in [1.54, 1.807) is 0 Å². The molecule has 0 atom stereocenters. The predicted molar refractivity (Wildman–Crippen MR) is 262 cm³/mol. The predicted octanol–water partition coefficient (Wildman–Crippen LogP) is 16.8. The molecule has 0 aliphatic heterocycles. The van der Waals surface area contributed by atoms with Gasteiger partial charge in [0.2, 0.25) is 0 Å². The second-order valence-electron chi connectivity index (χ2n) is 15.6. The second-order valence-corrected chi connectivity index (χ2v) is 16.7. The maximum absolute atomic E-state index is 2.42. The van der Waals surface area contributed by atoms with Gasteiger partial charge in [-0.15, -0.1) is 11.3 Å². The molecule has 0 saturated heterocycles. The largest absolute Gasteiger partial charge is 0.310 e. The van der Waals surface area contributed by atoms with Crippen molar-refractivity contribution in [2.45, 2.75) is 0 Å². The molecule has 0 N–H and O–H groups in total. The molecule has 0 fully saturated rings. The van der Waals surface area contributed by atoms with Gasteiger partial charge in [-0.1, -0.05) is 182 Å². The minimum absolute atomic E-state index is 1.09. The molecule has 0 amide bonds. The lowest BCUT2D eigenvalue weighted by Crippen LogP contribution is -2.11. The second kappa shape index (κ2) is 14.5. The molecule has 3 heteroatoms. The van der Waals surface area contributed by atoms with E-state index >= 15 is 0 Å². The highest BCUT2D eigenvalue weighted by atomic mass is 32.1. The number of anilines is 3. The van der Waals surface area contributed by atoms with Gasteiger partial charge in [0, 0.05) is 53.4 Å². The van der Waals surface area contributed by atoms with E-state index in [-0.39, 0.29) is 0 Å². The Morgan fingerprint density at radius 3 is 1.54 bits per heavy atom. The summed E-state index contributed by atoms with van der Waals surface area (Å²) in [5.41, 5.74) is 14.1. The maximum atomic E-state index is 2.42. The highest BCUT2D eigenvalue weighted by Crippen LogP contribution is 2.45. The van der Waals surface area contributed by atoms with Gasteiger partial charge in [-0.25, -0.2) is 0 Å². The van der Waals surface area contributed by atoms with Crippen LogP contribution >= 0.6 is 11.3 Å². The Morgan fingerprint density at radius 1 is 0.311 bits per heavy atom. The van der Waals surface area contributed by atoms with Gasteiger partial charge in [-0.3, -0.25) is 0 Å². The molecule has 2 aromatic heterocycles. The first kappa shape index (κ1) is 35.2. The molecular formula is C58H38N2S. The van der Waals surface area contributed by atoms with Gasteiger partial charge in [0.1, 0.15) is 0 Å². The van der Waals surface area contributed by atoms with E-state index in [9.17, 15) is 0 Å². The van der Waals surface area contributed by atoms with Crippen molar-refractivity contribution in [3.05, 3.63) is 231 Å². The Kier molecular flexibility index (Phi) is 8.39. The SMILES string of the molecule is c1ccc(-c2ccccc2N(c2ccc(-c3ccccc3-n3c4ccccc4c4ccccc43)cc2)c2ccc(-c3cccc4c3sc3c5ccccc5ccc43)cc2)cc1. The van der Waals surface area contributed by atoms with E-state index in [0.717, 1.165) is 28.3 Å². The normalized spacial score (nSPS) is 11.6. The number of hydrogen-bond acceptors (Lipinski definition) is 2. The standard InChI is InChI=1S/C58H38N2S/c1-2-15-39(16-3-1)45-18-6-10-25-53(45)59(44-36-31-42(32-37-44)48-23-14-24-51-52-38-33-40-17-4-5-20-47(40)58(52)61-57(48)51)43-34-29-41(30-35-43)46-19-7-11-26-54(46)60-55-27-12-8-21-49(55)50-22-9-13-28-56(50)60/h1-38H. The number of thiophene rings is 1. The number of para-hydroxylation sites is 4. The Balaban J connectivity index is 0.980. The minimum Gasteiger partial charge on any atom is -0.310 e. The van der Waals surface area contributed by atoms with Crippen LogP contribution in [0, 0.1) is 0 Å². The summed E-state index contributed by atoms with van der Waals surface area (Å²) in [6, 6.07) is 84.0. The van der Waals surface area contributed by atoms with E-state index in [2.05, 4.69) is 240 Å². The van der Waals surface area contributed by atoms with Crippen molar-refractivity contribution in [3.63, 3.8) is 0 Å². The van der Waals surface area contributed by atoms with Gasteiger partial charge in [0.05, 0.1) is 22.4 Å². The monoisotopic (exact) mass is 794 g/mol. The van der Waals surface area contributed by atoms with Crippen molar-refractivity contribution in [2.75, 3.05) is 4.90 Å². The zero-order valence-corrected chi connectivity index (χ0v) is 34.1. The fourth-order valence-electron chi connectivity index (χ4n) is 9.39. The van der Waals surface area contributed by atoms with Crippen LogP contribution in [0.5, 0.6) is 0 Å². The number of fused-ring (bicyclic) bond motifs is 8. The van der Waals surface area contributed by atoms with Gasteiger partial charge >= 0.3 is 0 Å². The number of aromatic nitrogens is 1. The van der Waals surface area contributed by atoms with Crippen molar-refractivity contribution >= 4 is 81.1 Å². The lowest BCUT2D eigenvalue weighted by atomic mass is 9.99. The zero-order valence-electron chi connectivity index (χ0n) is 33.2. The maximum Gasteiger partial charge on any atom is 0.0541 e. The first-order valence-corrected chi connectivity index (χ1v) is 21.7. The molecule has 0 radical (unpaired) electrons. The highest BCUT2D eigenvalue weighted by Gasteiger charge is 2.20. The topological polar surface area (TPSA) is 8.17 Å². The van der Waals surface area contributed by atoms with Crippen LogP contribution in [-0.4, -0.2) is 4.57 Å². The molecule has 0 unspecified atom stereocenters. The average Bonchev–Trinajstić information content (AvgIpc) is 3.89. The van der Waals surface area contributed by atoms with Crippen molar-refractivity contribution in [3.8, 4) is 39.1 Å². The van der Waals surface area contributed by atoms with Crippen molar-refractivity contribution < 1.29 is 0 Å². The summed E-state index contributed by atoms with van der Waals surface area (Å²) in [6.07, 6.45) is 0. The van der Waals surface area contributed by atoms with Crippen LogP contribution < -0.4 is 4.90 Å². The molecule has 0 aliphatic rings. The first-order valence-electron chi connectivity index (χ1n) is 20.8. The zero-order chi connectivity index (χ0) is 40.3.